The summed E-state index contributed by atoms with van der Waals surface area (Å²) in [5.74, 6) is 1.79. The van der Waals surface area contributed by atoms with E-state index in [9.17, 15) is 5.11 Å². The molecule has 0 spiro atoms. The number of furan rings is 1. The maximum absolute atomic E-state index is 10.6. The van der Waals surface area contributed by atoms with Gasteiger partial charge in [-0.3, -0.25) is 4.90 Å². The second-order valence-electron chi connectivity index (χ2n) is 5.53. The zero-order chi connectivity index (χ0) is 15.1. The molecule has 22 heavy (non-hydrogen) atoms. The number of aryl methyl sites for hydroxylation is 1. The molecule has 4 rings (SSSR count). The van der Waals surface area contributed by atoms with Gasteiger partial charge in [0, 0.05) is 6.42 Å². The largest absolute Gasteiger partial charge is 0.492 e. The summed E-state index contributed by atoms with van der Waals surface area (Å²) in [6.07, 6.45) is 4.80. The summed E-state index contributed by atoms with van der Waals surface area (Å²) >= 11 is 1.49. The fourth-order valence-electron chi connectivity index (χ4n) is 3.04. The van der Waals surface area contributed by atoms with Gasteiger partial charge in [0.05, 0.1) is 11.1 Å². The Morgan fingerprint density at radius 3 is 2.86 bits per heavy atom. The van der Waals surface area contributed by atoms with Gasteiger partial charge in [0.25, 0.3) is 0 Å². The third-order valence-electron chi connectivity index (χ3n) is 4.13. The Bertz CT molecular complexity index is 771. The van der Waals surface area contributed by atoms with Crippen LogP contribution >= 0.6 is 11.3 Å². The van der Waals surface area contributed by atoms with Gasteiger partial charge in [-0.25, -0.2) is 4.98 Å². The zero-order valence-corrected chi connectivity index (χ0v) is 13.2. The lowest BCUT2D eigenvalue weighted by molar-refractivity contribution is 0.246. The van der Waals surface area contributed by atoms with Crippen LogP contribution in [0.2, 0.25) is 0 Å². The highest BCUT2D eigenvalue weighted by Gasteiger charge is 2.32. The van der Waals surface area contributed by atoms with Crippen molar-refractivity contribution in [1.82, 2.24) is 19.5 Å². The Hall–Kier alpha value is -1.86. The number of nitrogens with zero attached hydrogens (tertiary/aromatic N) is 4. The Labute approximate surface area is 132 Å². The summed E-state index contributed by atoms with van der Waals surface area (Å²) in [6, 6.07) is 3.80. The van der Waals surface area contributed by atoms with Crippen LogP contribution in [0.4, 0.5) is 0 Å². The fraction of sp³-hybridized carbons (Fsp3) is 0.467. The predicted molar refractivity (Wildman–Crippen MR) is 83.3 cm³/mol. The highest BCUT2D eigenvalue weighted by atomic mass is 32.1. The van der Waals surface area contributed by atoms with Crippen molar-refractivity contribution in [3.05, 3.63) is 34.9 Å². The molecule has 0 unspecified atom stereocenters. The first-order valence-corrected chi connectivity index (χ1v) is 8.44. The molecule has 0 saturated carbocycles. The van der Waals surface area contributed by atoms with Crippen molar-refractivity contribution in [2.75, 3.05) is 13.1 Å². The van der Waals surface area contributed by atoms with Crippen molar-refractivity contribution < 1.29 is 9.52 Å². The van der Waals surface area contributed by atoms with Gasteiger partial charge in [-0.2, -0.15) is 4.52 Å². The summed E-state index contributed by atoms with van der Waals surface area (Å²) in [4.78, 5) is 8.41. The maximum Gasteiger partial charge on any atom is 0.230 e. The molecule has 1 N–H and O–H groups in total. The minimum atomic E-state index is -0.0592. The van der Waals surface area contributed by atoms with Gasteiger partial charge in [-0.1, -0.05) is 18.3 Å². The van der Waals surface area contributed by atoms with E-state index in [-0.39, 0.29) is 11.9 Å². The first-order chi connectivity index (χ1) is 10.8. The van der Waals surface area contributed by atoms with Crippen molar-refractivity contribution in [3.63, 3.8) is 0 Å². The van der Waals surface area contributed by atoms with Crippen molar-refractivity contribution in [2.24, 2.45) is 0 Å². The minimum Gasteiger partial charge on any atom is -0.492 e. The van der Waals surface area contributed by atoms with E-state index in [2.05, 4.69) is 15.0 Å². The van der Waals surface area contributed by atoms with Gasteiger partial charge in [-0.15, -0.1) is 5.10 Å². The lowest BCUT2D eigenvalue weighted by Crippen LogP contribution is -2.25. The summed E-state index contributed by atoms with van der Waals surface area (Å²) in [7, 11) is 0. The van der Waals surface area contributed by atoms with Gasteiger partial charge in [0.1, 0.15) is 11.8 Å². The Morgan fingerprint density at radius 1 is 1.41 bits per heavy atom. The number of fused-ring (bicyclic) bond motifs is 1. The first kappa shape index (κ1) is 13.8. The van der Waals surface area contributed by atoms with Gasteiger partial charge in [0.15, 0.2) is 5.82 Å². The van der Waals surface area contributed by atoms with Gasteiger partial charge in [0.2, 0.25) is 10.8 Å². The molecule has 6 nitrogen and oxygen atoms in total. The number of aromatic hydroxyl groups is 1. The molecule has 0 bridgehead atoms. The van der Waals surface area contributed by atoms with Crippen LogP contribution in [0.1, 0.15) is 42.3 Å². The molecule has 7 heteroatoms. The zero-order valence-electron chi connectivity index (χ0n) is 12.4. The fourth-order valence-corrected chi connectivity index (χ4v) is 4.16. The van der Waals surface area contributed by atoms with Crippen LogP contribution < -0.4 is 0 Å². The smallest absolute Gasteiger partial charge is 0.230 e. The van der Waals surface area contributed by atoms with Crippen LogP contribution in [0.15, 0.2) is 22.8 Å². The van der Waals surface area contributed by atoms with Crippen molar-refractivity contribution in [2.45, 2.75) is 32.2 Å². The molecule has 1 aliphatic heterocycles. The maximum atomic E-state index is 10.6. The van der Waals surface area contributed by atoms with E-state index < -0.39 is 0 Å². The molecule has 3 aromatic heterocycles. The summed E-state index contributed by atoms with van der Waals surface area (Å²) in [5.41, 5.74) is 0. The third-order valence-corrected chi connectivity index (χ3v) is 5.20. The van der Waals surface area contributed by atoms with Crippen LogP contribution in [0, 0.1) is 0 Å². The number of thiazole rings is 1. The quantitative estimate of drug-likeness (QED) is 0.801. The van der Waals surface area contributed by atoms with Gasteiger partial charge < -0.3 is 9.52 Å². The number of likely N-dealkylation sites (tertiary alicyclic amines) is 1. The predicted octanol–water partition coefficient (Wildman–Crippen LogP) is 2.84. The molecule has 1 fully saturated rings. The molecule has 1 atom stereocenters. The van der Waals surface area contributed by atoms with Crippen molar-refractivity contribution in [1.29, 1.82) is 0 Å². The summed E-state index contributed by atoms with van der Waals surface area (Å²) in [5, 5.41) is 15.0. The van der Waals surface area contributed by atoms with E-state index >= 15 is 0 Å². The van der Waals surface area contributed by atoms with E-state index in [0.29, 0.717) is 0 Å². The molecular weight excluding hydrogens is 300 g/mol. The molecule has 116 valence electrons. The number of rotatable bonds is 4. The molecule has 0 amide bonds. The summed E-state index contributed by atoms with van der Waals surface area (Å²) in [6.45, 7) is 4.03. The Balaban J connectivity index is 1.81. The monoisotopic (exact) mass is 318 g/mol. The Kier molecular flexibility index (Phi) is 3.38. The van der Waals surface area contributed by atoms with Crippen LogP contribution in [-0.2, 0) is 6.42 Å². The topological polar surface area (TPSA) is 66.8 Å². The highest BCUT2D eigenvalue weighted by Crippen LogP contribution is 2.41. The van der Waals surface area contributed by atoms with Crippen LogP contribution in [0.5, 0.6) is 5.88 Å². The average molecular weight is 318 g/mol. The second kappa shape index (κ2) is 5.40. The second-order valence-corrected chi connectivity index (χ2v) is 6.54. The molecule has 4 heterocycles. The molecule has 1 saturated heterocycles. The van der Waals surface area contributed by atoms with Gasteiger partial charge >= 0.3 is 0 Å². The number of hydrogen-bond acceptors (Lipinski definition) is 6. The standard InChI is InChI=1S/C15H18N4O2S/c1-2-11-16-15-19(17-11)14(20)13(22-15)12(10-6-5-9-21-10)18-7-3-4-8-18/h5-6,9,12,20H,2-4,7-8H2,1H3/t12-/m0/s1. The Morgan fingerprint density at radius 2 is 2.23 bits per heavy atom. The van der Waals surface area contributed by atoms with Crippen LogP contribution in [-0.4, -0.2) is 37.7 Å². The average Bonchev–Trinajstić information content (AvgIpc) is 3.28. The number of aromatic nitrogens is 3. The van der Waals surface area contributed by atoms with Crippen molar-refractivity contribution in [3.8, 4) is 5.88 Å². The molecule has 0 aliphatic carbocycles. The van der Waals surface area contributed by atoms with Crippen LogP contribution in [0.3, 0.4) is 0 Å². The highest BCUT2D eigenvalue weighted by molar-refractivity contribution is 7.17. The third kappa shape index (κ3) is 2.12. The normalized spacial score (nSPS) is 17.5. The molecule has 3 aromatic rings. The molecule has 0 aromatic carbocycles. The molecule has 0 radical (unpaired) electrons. The summed E-state index contributed by atoms with van der Waals surface area (Å²) < 4.78 is 7.19. The van der Waals surface area contributed by atoms with Crippen molar-refractivity contribution >= 4 is 16.3 Å². The lowest BCUT2D eigenvalue weighted by atomic mass is 10.1. The van der Waals surface area contributed by atoms with Crippen LogP contribution in [0.25, 0.3) is 4.96 Å². The minimum absolute atomic E-state index is 0.0592. The lowest BCUT2D eigenvalue weighted by Gasteiger charge is -2.24. The van der Waals surface area contributed by atoms with E-state index in [1.165, 1.54) is 24.2 Å². The van der Waals surface area contributed by atoms with Gasteiger partial charge in [-0.05, 0) is 38.1 Å². The molecular formula is C15H18N4O2S. The van der Waals surface area contributed by atoms with E-state index in [4.69, 9.17) is 4.42 Å². The van der Waals surface area contributed by atoms with E-state index in [1.54, 1.807) is 10.8 Å². The SMILES string of the molecule is CCc1nc2sc([C@H](c3ccco3)N3CCCC3)c(O)n2n1. The van der Waals surface area contributed by atoms with E-state index in [1.807, 2.05) is 19.1 Å². The number of hydrogen-bond donors (Lipinski definition) is 1. The first-order valence-electron chi connectivity index (χ1n) is 7.62. The molecule has 1 aliphatic rings. The van der Waals surface area contributed by atoms with E-state index in [0.717, 1.165) is 40.9 Å².